The fourth-order valence-electron chi connectivity index (χ4n) is 2.54. The van der Waals surface area contributed by atoms with Gasteiger partial charge in [-0.3, -0.25) is 4.79 Å². The van der Waals surface area contributed by atoms with Crippen LogP contribution >= 0.6 is 0 Å². The van der Waals surface area contributed by atoms with Gasteiger partial charge in [0.15, 0.2) is 0 Å². The van der Waals surface area contributed by atoms with Crippen LogP contribution in [0.2, 0.25) is 0 Å². The van der Waals surface area contributed by atoms with Crippen LogP contribution in [0.5, 0.6) is 0 Å². The average molecular weight is 391 g/mol. The van der Waals surface area contributed by atoms with Gasteiger partial charge in [-0.25, -0.2) is 18.2 Å². The molecule has 142 valence electrons. The molecule has 27 heavy (non-hydrogen) atoms. The molecule has 1 fully saturated rings. The molecule has 0 atom stereocenters. The molecular formula is C18H18FN3O4S. The molecule has 1 N–H and O–H groups in total. The molecule has 0 unspecified atom stereocenters. The Morgan fingerprint density at radius 2 is 1.89 bits per heavy atom. The Morgan fingerprint density at radius 1 is 1.15 bits per heavy atom. The summed E-state index contributed by atoms with van der Waals surface area (Å²) in [5.41, 5.74) is 2.63. The lowest BCUT2D eigenvalue weighted by atomic mass is 10.2. The quantitative estimate of drug-likeness (QED) is 0.620. The van der Waals surface area contributed by atoms with E-state index in [0.29, 0.717) is 13.2 Å². The van der Waals surface area contributed by atoms with E-state index in [0.717, 1.165) is 0 Å². The first kappa shape index (κ1) is 19.2. The monoisotopic (exact) mass is 391 g/mol. The summed E-state index contributed by atoms with van der Waals surface area (Å²) in [7, 11) is -3.70. The zero-order valence-corrected chi connectivity index (χ0v) is 15.2. The van der Waals surface area contributed by atoms with Crippen molar-refractivity contribution in [1.82, 2.24) is 9.73 Å². The van der Waals surface area contributed by atoms with E-state index in [1.54, 1.807) is 12.1 Å². The summed E-state index contributed by atoms with van der Waals surface area (Å²) in [6.07, 6.45) is 1.18. The normalized spacial score (nSPS) is 15.7. The summed E-state index contributed by atoms with van der Waals surface area (Å²) in [4.78, 5) is 12.3. The standard InChI is InChI=1S/C18H18FN3O4S/c19-17-7-2-1-4-15(17)13-20-21-18(23)14-5-3-6-16(12-14)27(24,25)22-8-10-26-11-9-22/h1-7,12-13H,8-11H2,(H,21,23)/b20-13-. The van der Waals surface area contributed by atoms with Gasteiger partial charge in [-0.15, -0.1) is 0 Å². The maximum atomic E-state index is 13.5. The minimum Gasteiger partial charge on any atom is -0.379 e. The van der Waals surface area contributed by atoms with Gasteiger partial charge in [0.25, 0.3) is 5.91 Å². The number of halogens is 1. The van der Waals surface area contributed by atoms with Gasteiger partial charge >= 0.3 is 0 Å². The third kappa shape index (κ3) is 4.57. The van der Waals surface area contributed by atoms with Gasteiger partial charge in [-0.2, -0.15) is 9.41 Å². The number of morpholine rings is 1. The molecule has 0 radical (unpaired) electrons. The van der Waals surface area contributed by atoms with E-state index in [2.05, 4.69) is 10.5 Å². The predicted octanol–water partition coefficient (Wildman–Crippen LogP) is 1.61. The number of nitrogens with zero attached hydrogens (tertiary/aromatic N) is 2. The molecule has 1 amide bonds. The number of benzene rings is 2. The minimum absolute atomic E-state index is 0.0233. The smallest absolute Gasteiger partial charge is 0.271 e. The summed E-state index contributed by atoms with van der Waals surface area (Å²) >= 11 is 0. The molecule has 1 saturated heterocycles. The first-order chi connectivity index (χ1) is 13.0. The van der Waals surface area contributed by atoms with Crippen LogP contribution in [0.15, 0.2) is 58.5 Å². The Bertz CT molecular complexity index is 957. The molecular weight excluding hydrogens is 373 g/mol. The number of ether oxygens (including phenoxy) is 1. The molecule has 0 bridgehead atoms. The van der Waals surface area contributed by atoms with Gasteiger partial charge in [-0.05, 0) is 24.3 Å². The molecule has 2 aromatic rings. The van der Waals surface area contributed by atoms with Gasteiger partial charge < -0.3 is 4.74 Å². The van der Waals surface area contributed by atoms with E-state index in [4.69, 9.17) is 4.74 Å². The van der Waals surface area contributed by atoms with E-state index < -0.39 is 21.7 Å². The van der Waals surface area contributed by atoms with Crippen molar-refractivity contribution in [2.75, 3.05) is 26.3 Å². The van der Waals surface area contributed by atoms with Gasteiger partial charge in [0, 0.05) is 24.2 Å². The fourth-order valence-corrected chi connectivity index (χ4v) is 3.99. The minimum atomic E-state index is -3.70. The summed E-state index contributed by atoms with van der Waals surface area (Å²) in [6.45, 7) is 1.21. The number of rotatable bonds is 5. The van der Waals surface area contributed by atoms with E-state index in [1.165, 1.54) is 46.9 Å². The highest BCUT2D eigenvalue weighted by Crippen LogP contribution is 2.18. The van der Waals surface area contributed by atoms with Crippen molar-refractivity contribution >= 4 is 22.1 Å². The Morgan fingerprint density at radius 3 is 2.63 bits per heavy atom. The fraction of sp³-hybridized carbons (Fsp3) is 0.222. The molecule has 1 aliphatic rings. The number of nitrogens with one attached hydrogen (secondary N) is 1. The average Bonchev–Trinajstić information content (AvgIpc) is 2.70. The third-order valence-corrected chi connectivity index (χ3v) is 5.87. The van der Waals surface area contributed by atoms with Crippen LogP contribution in [0.4, 0.5) is 4.39 Å². The number of amides is 1. The number of hydrogen-bond donors (Lipinski definition) is 1. The molecule has 9 heteroatoms. The predicted molar refractivity (Wildman–Crippen MR) is 97.5 cm³/mol. The Labute approximate surface area is 156 Å². The van der Waals surface area contributed by atoms with Crippen LogP contribution in [-0.4, -0.2) is 51.1 Å². The number of sulfonamides is 1. The molecule has 7 nitrogen and oxygen atoms in total. The van der Waals surface area contributed by atoms with Crippen molar-refractivity contribution in [1.29, 1.82) is 0 Å². The van der Waals surface area contributed by atoms with Crippen LogP contribution in [0.25, 0.3) is 0 Å². The number of hydrazone groups is 1. The molecule has 0 aromatic heterocycles. The number of carbonyl (C=O) groups is 1. The summed E-state index contributed by atoms with van der Waals surface area (Å²) in [5.74, 6) is -1.06. The highest BCUT2D eigenvalue weighted by atomic mass is 32.2. The molecule has 1 aliphatic heterocycles. The highest BCUT2D eigenvalue weighted by molar-refractivity contribution is 7.89. The first-order valence-corrected chi connectivity index (χ1v) is 9.68. The number of carbonyl (C=O) groups excluding carboxylic acids is 1. The zero-order chi connectivity index (χ0) is 19.3. The largest absolute Gasteiger partial charge is 0.379 e. The highest BCUT2D eigenvalue weighted by Gasteiger charge is 2.26. The van der Waals surface area contributed by atoms with Crippen LogP contribution in [0, 0.1) is 5.82 Å². The second kappa shape index (κ2) is 8.38. The van der Waals surface area contributed by atoms with Crippen molar-refractivity contribution in [3.05, 3.63) is 65.5 Å². The molecule has 1 heterocycles. The third-order valence-electron chi connectivity index (χ3n) is 3.98. The molecule has 0 spiro atoms. The Hall–Kier alpha value is -2.62. The van der Waals surface area contributed by atoms with Gasteiger partial charge in [0.05, 0.1) is 24.3 Å². The molecule has 0 saturated carbocycles. The van der Waals surface area contributed by atoms with Crippen LogP contribution in [0.1, 0.15) is 15.9 Å². The van der Waals surface area contributed by atoms with Crippen molar-refractivity contribution in [3.63, 3.8) is 0 Å². The number of hydrogen-bond acceptors (Lipinski definition) is 5. The first-order valence-electron chi connectivity index (χ1n) is 8.24. The maximum absolute atomic E-state index is 13.5. The lowest BCUT2D eigenvalue weighted by Crippen LogP contribution is -2.40. The Kier molecular flexibility index (Phi) is 5.94. The second-order valence-corrected chi connectivity index (χ2v) is 7.70. The second-order valence-electron chi connectivity index (χ2n) is 5.76. The topological polar surface area (TPSA) is 88.1 Å². The molecule has 0 aliphatic carbocycles. The maximum Gasteiger partial charge on any atom is 0.271 e. The van der Waals surface area contributed by atoms with Gasteiger partial charge in [0.2, 0.25) is 10.0 Å². The molecule has 3 rings (SSSR count). The molecule has 2 aromatic carbocycles. The van der Waals surface area contributed by atoms with Gasteiger partial charge in [0.1, 0.15) is 5.82 Å². The van der Waals surface area contributed by atoms with Crippen molar-refractivity contribution < 1.29 is 22.3 Å². The van der Waals surface area contributed by atoms with Crippen molar-refractivity contribution in [2.24, 2.45) is 5.10 Å². The van der Waals surface area contributed by atoms with E-state index in [9.17, 15) is 17.6 Å². The van der Waals surface area contributed by atoms with Crippen molar-refractivity contribution in [3.8, 4) is 0 Å². The Balaban J connectivity index is 1.73. The van der Waals surface area contributed by atoms with E-state index in [-0.39, 0.29) is 29.1 Å². The van der Waals surface area contributed by atoms with Gasteiger partial charge in [-0.1, -0.05) is 24.3 Å². The van der Waals surface area contributed by atoms with E-state index >= 15 is 0 Å². The zero-order valence-electron chi connectivity index (χ0n) is 14.3. The summed E-state index contributed by atoms with van der Waals surface area (Å²) in [6, 6.07) is 11.7. The van der Waals surface area contributed by atoms with Crippen LogP contribution in [0.3, 0.4) is 0 Å². The van der Waals surface area contributed by atoms with Crippen molar-refractivity contribution in [2.45, 2.75) is 4.90 Å². The lowest BCUT2D eigenvalue weighted by molar-refractivity contribution is 0.0730. The van der Waals surface area contributed by atoms with E-state index in [1.807, 2.05) is 0 Å². The summed E-state index contributed by atoms with van der Waals surface area (Å²) in [5, 5.41) is 3.72. The van der Waals surface area contributed by atoms with Crippen LogP contribution < -0.4 is 5.43 Å². The lowest BCUT2D eigenvalue weighted by Gasteiger charge is -2.26. The van der Waals surface area contributed by atoms with Crippen LogP contribution in [-0.2, 0) is 14.8 Å². The SMILES string of the molecule is O=C(N/N=C\c1ccccc1F)c1cccc(S(=O)(=O)N2CCOCC2)c1. The summed E-state index contributed by atoms with van der Waals surface area (Å²) < 4.78 is 45.3.